The van der Waals surface area contributed by atoms with Crippen LogP contribution in [0.15, 0.2) is 28.1 Å². The van der Waals surface area contributed by atoms with E-state index in [4.69, 9.17) is 0 Å². The highest BCUT2D eigenvalue weighted by Crippen LogP contribution is 2.25. The van der Waals surface area contributed by atoms with Crippen molar-refractivity contribution in [2.45, 2.75) is 6.92 Å². The van der Waals surface area contributed by atoms with Crippen molar-refractivity contribution in [1.29, 1.82) is 0 Å². The molecule has 0 spiro atoms. The quantitative estimate of drug-likeness (QED) is 0.760. The molecule has 0 aliphatic heterocycles. The minimum Gasteiger partial charge on any atom is -0.287 e. The third-order valence-corrected chi connectivity index (χ3v) is 4.44. The van der Waals surface area contributed by atoms with Gasteiger partial charge in [0.1, 0.15) is 0 Å². The van der Waals surface area contributed by atoms with Gasteiger partial charge in [-0.2, -0.15) is 0 Å². The summed E-state index contributed by atoms with van der Waals surface area (Å²) in [6.45, 7) is 2.01. The van der Waals surface area contributed by atoms with E-state index in [-0.39, 0.29) is 5.78 Å². The summed E-state index contributed by atoms with van der Waals surface area (Å²) in [5.41, 5.74) is 0. The van der Waals surface area contributed by atoms with E-state index in [1.807, 2.05) is 30.5 Å². The Bertz CT molecular complexity index is 428. The van der Waals surface area contributed by atoms with Gasteiger partial charge in [-0.05, 0) is 41.1 Å². The Labute approximate surface area is 98.5 Å². The van der Waals surface area contributed by atoms with Gasteiger partial charge in [-0.15, -0.1) is 22.7 Å². The maximum atomic E-state index is 11.9. The van der Waals surface area contributed by atoms with Gasteiger partial charge in [-0.25, -0.2) is 0 Å². The monoisotopic (exact) mass is 286 g/mol. The average Bonchev–Trinajstić information content (AvgIpc) is 2.73. The molecule has 0 aliphatic rings. The zero-order chi connectivity index (χ0) is 10.1. The molecule has 72 valence electrons. The molecular formula is C10H7BrOS2. The van der Waals surface area contributed by atoms with Crippen molar-refractivity contribution in [2.75, 3.05) is 0 Å². The molecule has 0 unspecified atom stereocenters. The van der Waals surface area contributed by atoms with Gasteiger partial charge in [-0.3, -0.25) is 4.79 Å². The summed E-state index contributed by atoms with van der Waals surface area (Å²) in [5.74, 6) is 0.124. The fraction of sp³-hybridized carbons (Fsp3) is 0.100. The molecule has 1 nitrogen and oxygen atoms in total. The lowest BCUT2D eigenvalue weighted by atomic mass is 10.3. The molecular weight excluding hydrogens is 280 g/mol. The number of ketones is 1. The van der Waals surface area contributed by atoms with E-state index < -0.39 is 0 Å². The van der Waals surface area contributed by atoms with Crippen molar-refractivity contribution < 1.29 is 4.79 Å². The molecule has 0 atom stereocenters. The molecule has 0 N–H and O–H groups in total. The van der Waals surface area contributed by atoms with Crippen LogP contribution in [-0.2, 0) is 0 Å². The number of carbonyl (C=O) groups is 1. The van der Waals surface area contributed by atoms with Crippen molar-refractivity contribution in [3.05, 3.63) is 42.7 Å². The second-order valence-electron chi connectivity index (χ2n) is 2.87. The Kier molecular flexibility index (Phi) is 2.85. The molecule has 2 rings (SSSR count). The summed E-state index contributed by atoms with van der Waals surface area (Å²) in [7, 11) is 0. The number of halogens is 1. The first-order valence-corrected chi connectivity index (χ1v) is 6.51. The Morgan fingerprint density at radius 1 is 1.36 bits per heavy atom. The zero-order valence-electron chi connectivity index (χ0n) is 7.41. The molecule has 2 heterocycles. The van der Waals surface area contributed by atoms with Crippen molar-refractivity contribution in [3.63, 3.8) is 0 Å². The van der Waals surface area contributed by atoms with E-state index >= 15 is 0 Å². The lowest BCUT2D eigenvalue weighted by molar-refractivity contribution is 0.104. The Hall–Kier alpha value is -0.450. The normalized spacial score (nSPS) is 10.4. The van der Waals surface area contributed by atoms with E-state index in [0.717, 1.165) is 14.2 Å². The first kappa shape index (κ1) is 10.1. The van der Waals surface area contributed by atoms with Crippen LogP contribution in [-0.4, -0.2) is 5.78 Å². The fourth-order valence-electron chi connectivity index (χ4n) is 1.11. The zero-order valence-corrected chi connectivity index (χ0v) is 10.6. The lowest BCUT2D eigenvalue weighted by Gasteiger charge is -1.90. The summed E-state index contributed by atoms with van der Waals surface area (Å²) in [6, 6.07) is 5.72. The number of hydrogen-bond acceptors (Lipinski definition) is 3. The summed E-state index contributed by atoms with van der Waals surface area (Å²) in [6.07, 6.45) is 0. The highest BCUT2D eigenvalue weighted by atomic mass is 79.9. The van der Waals surface area contributed by atoms with Crippen molar-refractivity contribution >= 4 is 44.4 Å². The van der Waals surface area contributed by atoms with Gasteiger partial charge in [0.2, 0.25) is 5.78 Å². The number of carbonyl (C=O) groups excluding carboxylic acids is 1. The molecule has 2 aromatic heterocycles. The van der Waals surface area contributed by atoms with Crippen LogP contribution in [0, 0.1) is 6.92 Å². The lowest BCUT2D eigenvalue weighted by Crippen LogP contribution is -1.93. The fourth-order valence-corrected chi connectivity index (χ4v) is 3.38. The van der Waals surface area contributed by atoms with Crippen LogP contribution in [0.4, 0.5) is 0 Å². The smallest absolute Gasteiger partial charge is 0.212 e. The summed E-state index contributed by atoms with van der Waals surface area (Å²) in [4.78, 5) is 14.7. The molecule has 0 amide bonds. The topological polar surface area (TPSA) is 17.1 Å². The van der Waals surface area contributed by atoms with Crippen LogP contribution >= 0.6 is 38.6 Å². The molecule has 0 radical (unpaired) electrons. The predicted octanol–water partition coefficient (Wildman–Crippen LogP) is 4.11. The van der Waals surface area contributed by atoms with Gasteiger partial charge in [0.15, 0.2) is 0 Å². The number of thiophene rings is 2. The summed E-state index contributed by atoms with van der Waals surface area (Å²) < 4.78 is 0.971. The number of rotatable bonds is 2. The van der Waals surface area contributed by atoms with Crippen LogP contribution in [0.25, 0.3) is 0 Å². The molecule has 0 saturated heterocycles. The SMILES string of the molecule is Cc1ccc(C(=O)c2cc(Br)cs2)s1. The standard InChI is InChI=1S/C10H7BrOS2/c1-6-2-3-8(14-6)10(12)9-4-7(11)5-13-9/h2-5H,1H3. The Morgan fingerprint density at radius 3 is 2.64 bits per heavy atom. The van der Waals surface area contributed by atoms with Gasteiger partial charge < -0.3 is 0 Å². The highest BCUT2D eigenvalue weighted by Gasteiger charge is 2.12. The van der Waals surface area contributed by atoms with Gasteiger partial charge in [-0.1, -0.05) is 0 Å². The van der Waals surface area contributed by atoms with Crippen molar-refractivity contribution in [1.82, 2.24) is 0 Å². The van der Waals surface area contributed by atoms with E-state index in [9.17, 15) is 4.79 Å². The second kappa shape index (κ2) is 3.96. The largest absolute Gasteiger partial charge is 0.287 e. The minimum absolute atomic E-state index is 0.124. The van der Waals surface area contributed by atoms with Gasteiger partial charge in [0.05, 0.1) is 9.75 Å². The summed E-state index contributed by atoms with van der Waals surface area (Å²) >= 11 is 6.35. The van der Waals surface area contributed by atoms with E-state index in [2.05, 4.69) is 15.9 Å². The first-order chi connectivity index (χ1) is 6.66. The van der Waals surface area contributed by atoms with Crippen LogP contribution in [0.5, 0.6) is 0 Å². The third kappa shape index (κ3) is 1.97. The van der Waals surface area contributed by atoms with Crippen LogP contribution in [0.2, 0.25) is 0 Å². The first-order valence-electron chi connectivity index (χ1n) is 4.02. The van der Waals surface area contributed by atoms with Gasteiger partial charge >= 0.3 is 0 Å². The molecule has 0 aliphatic carbocycles. The molecule has 0 fully saturated rings. The second-order valence-corrected chi connectivity index (χ2v) is 5.98. The average molecular weight is 287 g/mol. The minimum atomic E-state index is 0.124. The maximum absolute atomic E-state index is 11.9. The van der Waals surface area contributed by atoms with Gasteiger partial charge in [0, 0.05) is 14.7 Å². The van der Waals surface area contributed by atoms with E-state index in [1.165, 1.54) is 16.2 Å². The molecule has 0 aromatic carbocycles. The van der Waals surface area contributed by atoms with Crippen molar-refractivity contribution in [2.24, 2.45) is 0 Å². The molecule has 0 saturated carbocycles. The highest BCUT2D eigenvalue weighted by molar-refractivity contribution is 9.10. The van der Waals surface area contributed by atoms with E-state index in [0.29, 0.717) is 0 Å². The molecule has 4 heteroatoms. The maximum Gasteiger partial charge on any atom is 0.212 e. The number of hydrogen-bond donors (Lipinski definition) is 0. The number of aryl methyl sites for hydroxylation is 1. The van der Waals surface area contributed by atoms with Crippen LogP contribution in [0.3, 0.4) is 0 Å². The van der Waals surface area contributed by atoms with Crippen LogP contribution < -0.4 is 0 Å². The van der Waals surface area contributed by atoms with Crippen molar-refractivity contribution in [3.8, 4) is 0 Å². The molecule has 14 heavy (non-hydrogen) atoms. The van der Waals surface area contributed by atoms with Crippen LogP contribution in [0.1, 0.15) is 19.4 Å². The molecule has 0 bridgehead atoms. The Morgan fingerprint density at radius 2 is 2.14 bits per heavy atom. The summed E-state index contributed by atoms with van der Waals surface area (Å²) in [5, 5.41) is 1.92. The predicted molar refractivity (Wildman–Crippen MR) is 64.5 cm³/mol. The van der Waals surface area contributed by atoms with E-state index in [1.54, 1.807) is 11.3 Å². The molecule has 2 aromatic rings. The van der Waals surface area contributed by atoms with Gasteiger partial charge in [0.25, 0.3) is 0 Å². The Balaban J connectivity index is 2.33. The third-order valence-electron chi connectivity index (χ3n) is 1.76.